The van der Waals surface area contributed by atoms with Crippen molar-refractivity contribution in [1.29, 1.82) is 0 Å². The Labute approximate surface area is 106 Å². The smallest absolute Gasteiger partial charge is 0.234 e. The summed E-state index contributed by atoms with van der Waals surface area (Å²) in [6.07, 6.45) is 0.970. The molecular weight excluding hydrogens is 238 g/mol. The summed E-state index contributed by atoms with van der Waals surface area (Å²) in [5, 5.41) is 0. The second-order valence-electron chi connectivity index (χ2n) is 4.13. The Morgan fingerprint density at radius 3 is 2.22 bits per heavy atom. The lowest BCUT2D eigenvalue weighted by Gasteiger charge is -2.38. The Kier molecular flexibility index (Phi) is 5.06. The van der Waals surface area contributed by atoms with E-state index in [4.69, 9.17) is 20.9 Å². The summed E-state index contributed by atoms with van der Waals surface area (Å²) in [5.74, 6) is -2.12. The minimum atomic E-state index is -1.07. The number of hydrogen-bond acceptors (Lipinski definition) is 5. The van der Waals surface area contributed by atoms with Gasteiger partial charge >= 0.3 is 0 Å². The fourth-order valence-electron chi connectivity index (χ4n) is 2.35. The van der Waals surface area contributed by atoms with Gasteiger partial charge in [0.05, 0.1) is 12.6 Å². The molecule has 18 heavy (non-hydrogen) atoms. The van der Waals surface area contributed by atoms with Crippen molar-refractivity contribution in [2.45, 2.75) is 38.6 Å². The molecule has 0 aliphatic carbocycles. The lowest BCUT2D eigenvalue weighted by Crippen LogP contribution is -2.56. The van der Waals surface area contributed by atoms with Crippen LogP contribution in [0.5, 0.6) is 0 Å². The number of primary amides is 2. The van der Waals surface area contributed by atoms with Crippen molar-refractivity contribution in [2.75, 3.05) is 19.8 Å². The van der Waals surface area contributed by atoms with Crippen molar-refractivity contribution in [3.8, 4) is 0 Å². The topological polar surface area (TPSA) is 108 Å². The summed E-state index contributed by atoms with van der Waals surface area (Å²) < 4.78 is 11.2. The summed E-state index contributed by atoms with van der Waals surface area (Å²) in [6, 6.07) is -0.587. The Balaban J connectivity index is 2.98. The van der Waals surface area contributed by atoms with Gasteiger partial charge in [0.2, 0.25) is 17.7 Å². The highest BCUT2D eigenvalue weighted by atomic mass is 16.7. The fraction of sp³-hybridized carbons (Fsp3) is 0.818. The van der Waals surface area contributed by atoms with Crippen LogP contribution in [0.25, 0.3) is 0 Å². The number of ether oxygens (including phenoxy) is 2. The number of rotatable bonds is 7. The van der Waals surface area contributed by atoms with Gasteiger partial charge in [-0.3, -0.25) is 9.59 Å². The molecule has 1 fully saturated rings. The van der Waals surface area contributed by atoms with Gasteiger partial charge in [-0.1, -0.05) is 0 Å². The van der Waals surface area contributed by atoms with Crippen molar-refractivity contribution in [3.05, 3.63) is 0 Å². The van der Waals surface area contributed by atoms with Gasteiger partial charge in [0.15, 0.2) is 0 Å². The predicted octanol–water partition coefficient (Wildman–Crippen LogP) is -0.852. The van der Waals surface area contributed by atoms with Crippen molar-refractivity contribution < 1.29 is 19.1 Å². The van der Waals surface area contributed by atoms with Crippen molar-refractivity contribution in [2.24, 2.45) is 11.5 Å². The third-order valence-corrected chi connectivity index (χ3v) is 2.94. The van der Waals surface area contributed by atoms with Gasteiger partial charge in [0.25, 0.3) is 0 Å². The Bertz CT molecular complexity index is 315. The van der Waals surface area contributed by atoms with Gasteiger partial charge in [-0.05, 0) is 20.3 Å². The van der Waals surface area contributed by atoms with Gasteiger partial charge < -0.3 is 20.9 Å². The van der Waals surface area contributed by atoms with E-state index in [1.165, 1.54) is 4.90 Å². The largest absolute Gasteiger partial charge is 0.369 e. The molecule has 0 bridgehead atoms. The number of nitrogens with zero attached hydrogens (tertiary/aromatic N) is 1. The van der Waals surface area contributed by atoms with E-state index in [-0.39, 0.29) is 6.54 Å². The maximum absolute atomic E-state index is 11.4. The third-order valence-electron chi connectivity index (χ3n) is 2.94. The lowest BCUT2D eigenvalue weighted by atomic mass is 10.2. The van der Waals surface area contributed by atoms with Crippen LogP contribution in [0.1, 0.15) is 26.7 Å². The molecule has 0 aromatic rings. The fourth-order valence-corrected chi connectivity index (χ4v) is 2.35. The van der Waals surface area contributed by atoms with Crippen LogP contribution in [0.4, 0.5) is 0 Å². The minimum absolute atomic E-state index is 0.117. The Hall–Kier alpha value is -1.18. The molecule has 1 rings (SSSR count). The van der Waals surface area contributed by atoms with Gasteiger partial charge in [0.1, 0.15) is 0 Å². The monoisotopic (exact) mass is 259 g/mol. The highest BCUT2D eigenvalue weighted by Crippen LogP contribution is 2.35. The zero-order chi connectivity index (χ0) is 13.8. The van der Waals surface area contributed by atoms with Crippen LogP contribution in [-0.4, -0.2) is 48.4 Å². The van der Waals surface area contributed by atoms with Crippen LogP contribution in [0.2, 0.25) is 0 Å². The minimum Gasteiger partial charge on any atom is -0.369 e. The molecule has 0 spiro atoms. The maximum atomic E-state index is 11.4. The molecule has 0 radical (unpaired) electrons. The van der Waals surface area contributed by atoms with E-state index in [0.29, 0.717) is 26.1 Å². The molecule has 0 saturated carbocycles. The first-order valence-electron chi connectivity index (χ1n) is 6.09. The zero-order valence-electron chi connectivity index (χ0n) is 10.8. The second-order valence-corrected chi connectivity index (χ2v) is 4.13. The van der Waals surface area contributed by atoms with Crippen molar-refractivity contribution in [3.63, 3.8) is 0 Å². The standard InChI is InChI=1S/C11H21N3O4/c1-3-17-11(18-4-2)6-5-8(10(13)16)14(11)7-9(12)15/h8H,3-7H2,1-2H3,(H2,12,15)(H2,13,16)/t8-/m0/s1. The SMILES string of the molecule is CCOC1(OCC)CC[C@@H](C(N)=O)N1CC(N)=O. The number of amides is 2. The molecule has 7 nitrogen and oxygen atoms in total. The summed E-state index contributed by atoms with van der Waals surface area (Å²) in [7, 11) is 0. The van der Waals surface area contributed by atoms with E-state index in [1.54, 1.807) is 0 Å². The molecule has 0 aromatic carbocycles. The first-order chi connectivity index (χ1) is 8.46. The molecule has 1 atom stereocenters. The highest BCUT2D eigenvalue weighted by molar-refractivity contribution is 5.82. The van der Waals surface area contributed by atoms with E-state index in [1.807, 2.05) is 13.8 Å². The van der Waals surface area contributed by atoms with E-state index >= 15 is 0 Å². The molecule has 7 heteroatoms. The molecule has 2 amide bonds. The Morgan fingerprint density at radius 2 is 1.83 bits per heavy atom. The number of carbonyl (C=O) groups excluding carboxylic acids is 2. The molecule has 1 aliphatic rings. The molecule has 1 saturated heterocycles. The van der Waals surface area contributed by atoms with E-state index < -0.39 is 23.8 Å². The summed E-state index contributed by atoms with van der Waals surface area (Å²) in [6.45, 7) is 4.33. The predicted molar refractivity (Wildman–Crippen MR) is 64.1 cm³/mol. The van der Waals surface area contributed by atoms with E-state index in [9.17, 15) is 9.59 Å². The van der Waals surface area contributed by atoms with Crippen LogP contribution in [0, 0.1) is 0 Å². The van der Waals surface area contributed by atoms with E-state index in [2.05, 4.69) is 0 Å². The van der Waals surface area contributed by atoms with Gasteiger partial charge in [-0.15, -0.1) is 0 Å². The molecule has 1 aliphatic heterocycles. The number of carbonyl (C=O) groups is 2. The van der Waals surface area contributed by atoms with Crippen LogP contribution < -0.4 is 11.5 Å². The Morgan fingerprint density at radius 1 is 1.28 bits per heavy atom. The molecular formula is C11H21N3O4. The molecule has 0 unspecified atom stereocenters. The molecule has 0 aromatic heterocycles. The molecule has 1 heterocycles. The van der Waals surface area contributed by atoms with Crippen LogP contribution in [-0.2, 0) is 19.1 Å². The first kappa shape index (κ1) is 14.9. The van der Waals surface area contributed by atoms with Gasteiger partial charge in [-0.25, -0.2) is 4.90 Å². The normalized spacial score (nSPS) is 23.1. The first-order valence-corrected chi connectivity index (χ1v) is 6.09. The number of hydrogen-bond donors (Lipinski definition) is 2. The quantitative estimate of drug-likeness (QED) is 0.579. The third kappa shape index (κ3) is 2.98. The molecule has 4 N–H and O–H groups in total. The number of likely N-dealkylation sites (tertiary alicyclic amines) is 1. The zero-order valence-corrected chi connectivity index (χ0v) is 10.8. The van der Waals surface area contributed by atoms with Crippen molar-refractivity contribution in [1.82, 2.24) is 4.90 Å². The van der Waals surface area contributed by atoms with Crippen LogP contribution in [0.3, 0.4) is 0 Å². The summed E-state index contributed by atoms with van der Waals surface area (Å²) in [4.78, 5) is 24.1. The number of nitrogens with two attached hydrogens (primary N) is 2. The average Bonchev–Trinajstić information content (AvgIpc) is 2.58. The average molecular weight is 259 g/mol. The second kappa shape index (κ2) is 6.12. The van der Waals surface area contributed by atoms with E-state index in [0.717, 1.165) is 0 Å². The van der Waals surface area contributed by atoms with Gasteiger partial charge in [0, 0.05) is 19.6 Å². The summed E-state index contributed by atoms with van der Waals surface area (Å²) >= 11 is 0. The maximum Gasteiger partial charge on any atom is 0.234 e. The van der Waals surface area contributed by atoms with Gasteiger partial charge in [-0.2, -0.15) is 0 Å². The highest BCUT2D eigenvalue weighted by Gasteiger charge is 2.50. The van der Waals surface area contributed by atoms with Crippen molar-refractivity contribution >= 4 is 11.8 Å². The molecule has 104 valence electrons. The summed E-state index contributed by atoms with van der Waals surface area (Å²) in [5.41, 5.74) is 10.5. The lowest BCUT2D eigenvalue weighted by molar-refractivity contribution is -0.302. The van der Waals surface area contributed by atoms with Crippen LogP contribution >= 0.6 is 0 Å². The van der Waals surface area contributed by atoms with Crippen LogP contribution in [0.15, 0.2) is 0 Å².